The minimum atomic E-state index is -3.70. The second-order valence-corrected chi connectivity index (χ2v) is 7.47. The van der Waals surface area contributed by atoms with Crippen molar-refractivity contribution in [2.75, 3.05) is 19.7 Å². The van der Waals surface area contributed by atoms with E-state index in [1.54, 1.807) is 6.92 Å². The van der Waals surface area contributed by atoms with E-state index in [4.69, 9.17) is 10.5 Å². The van der Waals surface area contributed by atoms with Gasteiger partial charge >= 0.3 is 5.97 Å². The predicted molar refractivity (Wildman–Crippen MR) is 80.7 cm³/mol. The molecule has 0 saturated carbocycles. The molecule has 0 spiro atoms. The predicted octanol–water partition coefficient (Wildman–Crippen LogP) is 0.222. The summed E-state index contributed by atoms with van der Waals surface area (Å²) in [7, 11) is -3.70. The maximum atomic E-state index is 12.3. The number of nitrogens with one attached hydrogen (secondary N) is 1. The van der Waals surface area contributed by atoms with Gasteiger partial charge in [-0.3, -0.25) is 4.79 Å². The van der Waals surface area contributed by atoms with E-state index in [2.05, 4.69) is 4.72 Å². The van der Waals surface area contributed by atoms with Crippen LogP contribution >= 0.6 is 0 Å². The third kappa shape index (κ3) is 5.54. The van der Waals surface area contributed by atoms with Gasteiger partial charge in [0.1, 0.15) is 6.04 Å². The average molecular weight is 321 g/mol. The molecule has 1 fully saturated rings. The quantitative estimate of drug-likeness (QED) is 0.623. The highest BCUT2D eigenvalue weighted by atomic mass is 32.2. The van der Waals surface area contributed by atoms with E-state index in [-0.39, 0.29) is 19.2 Å². The van der Waals surface area contributed by atoms with Crippen LogP contribution in [0.15, 0.2) is 0 Å². The van der Waals surface area contributed by atoms with Gasteiger partial charge in [-0.2, -0.15) is 12.7 Å². The Morgan fingerprint density at radius 2 is 2.14 bits per heavy atom. The summed E-state index contributed by atoms with van der Waals surface area (Å²) >= 11 is 0. The highest BCUT2D eigenvalue weighted by molar-refractivity contribution is 7.87. The first-order valence-electron chi connectivity index (χ1n) is 7.46. The third-order valence-electron chi connectivity index (χ3n) is 3.37. The molecule has 0 aromatic rings. The van der Waals surface area contributed by atoms with E-state index in [0.29, 0.717) is 25.3 Å². The Balaban J connectivity index is 2.62. The number of rotatable bonds is 8. The third-order valence-corrected chi connectivity index (χ3v) is 4.96. The van der Waals surface area contributed by atoms with Crippen LogP contribution < -0.4 is 10.5 Å². The molecule has 1 aliphatic heterocycles. The molecule has 0 radical (unpaired) electrons. The summed E-state index contributed by atoms with van der Waals surface area (Å²) in [6, 6.07) is -0.952. The lowest BCUT2D eigenvalue weighted by molar-refractivity contribution is -0.146. The number of carbonyl (C=O) groups is 1. The first-order chi connectivity index (χ1) is 9.77. The lowest BCUT2D eigenvalue weighted by atomic mass is 10.1. The van der Waals surface area contributed by atoms with E-state index in [9.17, 15) is 13.2 Å². The van der Waals surface area contributed by atoms with Crippen molar-refractivity contribution in [2.45, 2.75) is 52.1 Å². The fourth-order valence-corrected chi connectivity index (χ4v) is 3.97. The number of hydrogen-bond donors (Lipinski definition) is 2. The van der Waals surface area contributed by atoms with E-state index in [1.807, 2.05) is 13.8 Å². The normalized spacial score (nSPS) is 21.7. The molecule has 0 aliphatic carbocycles. The largest absolute Gasteiger partial charge is 0.465 e. The standard InChI is InChI=1S/C13H27N3O4S/c1-4-20-13(17)12-6-5-7-16(12)21(18,19)15-9-11(14)8-10(2)3/h10-12,15H,4-9,14H2,1-3H3. The topological polar surface area (TPSA) is 102 Å². The van der Waals surface area contributed by atoms with Gasteiger partial charge in [0, 0.05) is 19.1 Å². The van der Waals surface area contributed by atoms with Crippen molar-refractivity contribution in [1.29, 1.82) is 0 Å². The Kier molecular flexibility index (Phi) is 7.05. The summed E-state index contributed by atoms with van der Waals surface area (Å²) in [6.45, 7) is 6.52. The molecular weight excluding hydrogens is 294 g/mol. The molecule has 0 aromatic heterocycles. The van der Waals surface area contributed by atoms with Gasteiger partial charge in [0.2, 0.25) is 0 Å². The van der Waals surface area contributed by atoms with Crippen molar-refractivity contribution < 1.29 is 17.9 Å². The van der Waals surface area contributed by atoms with Crippen LogP contribution in [0.5, 0.6) is 0 Å². The molecule has 0 aromatic carbocycles. The Labute approximate surface area is 127 Å². The van der Waals surface area contributed by atoms with E-state index >= 15 is 0 Å². The summed E-state index contributed by atoms with van der Waals surface area (Å²) in [5.41, 5.74) is 5.89. The zero-order valence-electron chi connectivity index (χ0n) is 13.0. The van der Waals surface area contributed by atoms with Crippen LogP contribution in [0.1, 0.15) is 40.0 Å². The van der Waals surface area contributed by atoms with E-state index in [1.165, 1.54) is 4.31 Å². The maximum absolute atomic E-state index is 12.3. The Morgan fingerprint density at radius 3 is 2.71 bits per heavy atom. The van der Waals surface area contributed by atoms with E-state index < -0.39 is 22.2 Å². The van der Waals surface area contributed by atoms with Crippen LogP contribution in [-0.2, 0) is 19.7 Å². The molecule has 8 heteroatoms. The SMILES string of the molecule is CCOC(=O)C1CCCN1S(=O)(=O)NCC(N)CC(C)C. The molecule has 1 saturated heterocycles. The zero-order valence-corrected chi connectivity index (χ0v) is 13.9. The van der Waals surface area contributed by atoms with Crippen molar-refractivity contribution >= 4 is 16.2 Å². The highest BCUT2D eigenvalue weighted by Crippen LogP contribution is 2.21. The number of hydrogen-bond acceptors (Lipinski definition) is 5. The molecule has 0 bridgehead atoms. The van der Waals surface area contributed by atoms with Crippen LogP contribution in [0.3, 0.4) is 0 Å². The van der Waals surface area contributed by atoms with Gasteiger partial charge in [0.25, 0.3) is 10.2 Å². The van der Waals surface area contributed by atoms with E-state index in [0.717, 1.165) is 6.42 Å². The van der Waals surface area contributed by atoms with Crippen molar-refractivity contribution in [1.82, 2.24) is 9.03 Å². The molecule has 21 heavy (non-hydrogen) atoms. The van der Waals surface area contributed by atoms with Crippen LogP contribution in [0.25, 0.3) is 0 Å². The second kappa shape index (κ2) is 8.07. The van der Waals surface area contributed by atoms with Gasteiger partial charge in [0.05, 0.1) is 6.61 Å². The van der Waals surface area contributed by atoms with Gasteiger partial charge in [0.15, 0.2) is 0 Å². The lowest BCUT2D eigenvalue weighted by Gasteiger charge is -2.24. The minimum Gasteiger partial charge on any atom is -0.465 e. The van der Waals surface area contributed by atoms with Gasteiger partial charge in [-0.25, -0.2) is 4.72 Å². The summed E-state index contributed by atoms with van der Waals surface area (Å²) in [4.78, 5) is 11.8. The fourth-order valence-electron chi connectivity index (χ4n) is 2.49. The van der Waals surface area contributed by atoms with Gasteiger partial charge in [-0.05, 0) is 32.1 Å². The van der Waals surface area contributed by atoms with Crippen molar-refractivity contribution in [3.8, 4) is 0 Å². The second-order valence-electron chi connectivity index (χ2n) is 5.76. The molecule has 7 nitrogen and oxygen atoms in total. The molecular formula is C13H27N3O4S. The average Bonchev–Trinajstić information content (AvgIpc) is 2.86. The molecule has 3 N–H and O–H groups in total. The number of ether oxygens (including phenoxy) is 1. The Hall–Kier alpha value is -0.700. The molecule has 1 heterocycles. The maximum Gasteiger partial charge on any atom is 0.324 e. The van der Waals surface area contributed by atoms with Crippen LogP contribution in [-0.4, -0.2) is 50.5 Å². The van der Waals surface area contributed by atoms with Crippen molar-refractivity contribution in [3.63, 3.8) is 0 Å². The Bertz CT molecular complexity index is 439. The lowest BCUT2D eigenvalue weighted by Crippen LogP contribution is -2.49. The molecule has 1 rings (SSSR count). The van der Waals surface area contributed by atoms with Gasteiger partial charge in [-0.15, -0.1) is 0 Å². The Morgan fingerprint density at radius 1 is 1.48 bits per heavy atom. The fraction of sp³-hybridized carbons (Fsp3) is 0.923. The van der Waals surface area contributed by atoms with Gasteiger partial charge < -0.3 is 10.5 Å². The summed E-state index contributed by atoms with van der Waals surface area (Å²) in [5, 5.41) is 0. The van der Waals surface area contributed by atoms with Crippen LogP contribution in [0.2, 0.25) is 0 Å². The van der Waals surface area contributed by atoms with Crippen molar-refractivity contribution in [2.24, 2.45) is 11.7 Å². The first-order valence-corrected chi connectivity index (χ1v) is 8.90. The monoisotopic (exact) mass is 321 g/mol. The summed E-state index contributed by atoms with van der Waals surface area (Å²) in [5.74, 6) is -0.0737. The summed E-state index contributed by atoms with van der Waals surface area (Å²) in [6.07, 6.45) is 1.89. The molecule has 0 amide bonds. The minimum absolute atomic E-state index is 0.173. The van der Waals surface area contributed by atoms with Gasteiger partial charge in [-0.1, -0.05) is 13.8 Å². The number of nitrogens with two attached hydrogens (primary N) is 1. The number of carbonyl (C=O) groups excluding carboxylic acids is 1. The van der Waals surface area contributed by atoms with Crippen LogP contribution in [0.4, 0.5) is 0 Å². The van der Waals surface area contributed by atoms with Crippen LogP contribution in [0, 0.1) is 5.92 Å². The molecule has 2 unspecified atom stereocenters. The summed E-state index contributed by atoms with van der Waals surface area (Å²) < 4.78 is 33.2. The molecule has 2 atom stereocenters. The first kappa shape index (κ1) is 18.3. The number of nitrogens with zero attached hydrogens (tertiary/aromatic N) is 1. The highest BCUT2D eigenvalue weighted by Gasteiger charge is 2.39. The smallest absolute Gasteiger partial charge is 0.324 e. The zero-order chi connectivity index (χ0) is 16.0. The molecule has 124 valence electrons. The molecule has 1 aliphatic rings. The van der Waals surface area contributed by atoms with Crippen molar-refractivity contribution in [3.05, 3.63) is 0 Å². The number of esters is 1.